The zero-order valence-electron chi connectivity index (χ0n) is 20.0. The minimum Gasteiger partial charge on any atom is -0.490 e. The number of benzene rings is 2. The van der Waals surface area contributed by atoms with Crippen molar-refractivity contribution < 1.29 is 19.1 Å². The number of nitrogens with zero attached hydrogens (tertiary/aromatic N) is 3. The van der Waals surface area contributed by atoms with Gasteiger partial charge in [0.15, 0.2) is 0 Å². The van der Waals surface area contributed by atoms with Crippen molar-refractivity contribution in [2.45, 2.75) is 39.3 Å². The van der Waals surface area contributed by atoms with Gasteiger partial charge in [-0.25, -0.2) is 0 Å². The highest BCUT2D eigenvalue weighted by molar-refractivity contribution is 6.11. The number of rotatable bonds is 9. The Morgan fingerprint density at radius 3 is 2.56 bits per heavy atom. The summed E-state index contributed by atoms with van der Waals surface area (Å²) < 4.78 is 5.94. The summed E-state index contributed by atoms with van der Waals surface area (Å²) in [6, 6.07) is 14.4. The van der Waals surface area contributed by atoms with Gasteiger partial charge in [-0.2, -0.15) is 0 Å². The molecular weight excluding hydrogens is 432 g/mol. The molecule has 3 amide bonds. The first-order valence-corrected chi connectivity index (χ1v) is 11.9. The lowest BCUT2D eigenvalue weighted by atomic mass is 9.98. The number of carbonyl (C=O) groups is 3. The van der Waals surface area contributed by atoms with Crippen molar-refractivity contribution in [2.75, 3.05) is 43.0 Å². The Balaban J connectivity index is 1.50. The molecule has 180 valence electrons. The summed E-state index contributed by atoms with van der Waals surface area (Å²) in [4.78, 5) is 44.6. The van der Waals surface area contributed by atoms with E-state index in [2.05, 4.69) is 24.1 Å². The van der Waals surface area contributed by atoms with Gasteiger partial charge in [-0.15, -0.1) is 0 Å². The Kier molecular flexibility index (Phi) is 6.88. The van der Waals surface area contributed by atoms with E-state index in [1.165, 1.54) is 4.90 Å². The van der Waals surface area contributed by atoms with Crippen molar-refractivity contribution in [3.63, 3.8) is 0 Å². The lowest BCUT2D eigenvalue weighted by molar-refractivity contribution is -0.120. The molecule has 4 rings (SSSR count). The third-order valence-corrected chi connectivity index (χ3v) is 6.77. The van der Waals surface area contributed by atoms with E-state index in [9.17, 15) is 14.4 Å². The van der Waals surface area contributed by atoms with E-state index < -0.39 is 5.66 Å². The molecule has 0 spiro atoms. The number of amides is 3. The van der Waals surface area contributed by atoms with Crippen LogP contribution in [0.3, 0.4) is 0 Å². The molecular formula is C26H32N4O4. The summed E-state index contributed by atoms with van der Waals surface area (Å²) in [5.41, 5.74) is 0.727. The zero-order valence-corrected chi connectivity index (χ0v) is 20.0. The van der Waals surface area contributed by atoms with E-state index in [0.29, 0.717) is 42.1 Å². The molecule has 0 aromatic heterocycles. The van der Waals surface area contributed by atoms with Gasteiger partial charge < -0.3 is 19.9 Å². The first-order chi connectivity index (χ1) is 16.4. The molecule has 2 aliphatic heterocycles. The van der Waals surface area contributed by atoms with Crippen LogP contribution in [0.4, 0.5) is 11.4 Å². The van der Waals surface area contributed by atoms with Gasteiger partial charge in [0.2, 0.25) is 11.8 Å². The van der Waals surface area contributed by atoms with E-state index in [1.54, 1.807) is 29.2 Å². The van der Waals surface area contributed by atoms with E-state index in [-0.39, 0.29) is 24.3 Å². The largest absolute Gasteiger partial charge is 0.490 e. The SMILES string of the molecule is CCN(CC)CCOc1ccccc1NC(=O)CN1C(=O)c2ccccc2N2C(=O)CCC12C. The van der Waals surface area contributed by atoms with Crippen molar-refractivity contribution in [2.24, 2.45) is 0 Å². The molecule has 1 atom stereocenters. The predicted molar refractivity (Wildman–Crippen MR) is 131 cm³/mol. The van der Waals surface area contributed by atoms with Gasteiger partial charge in [0, 0.05) is 13.0 Å². The maximum atomic E-state index is 13.4. The number of ether oxygens (including phenoxy) is 1. The summed E-state index contributed by atoms with van der Waals surface area (Å²) in [6.45, 7) is 9.09. The molecule has 1 N–H and O–H groups in total. The average Bonchev–Trinajstić information content (AvgIpc) is 3.15. The molecule has 1 fully saturated rings. The van der Waals surface area contributed by atoms with Crippen LogP contribution in [-0.2, 0) is 9.59 Å². The quantitative estimate of drug-likeness (QED) is 0.616. The van der Waals surface area contributed by atoms with Crippen LogP contribution < -0.4 is 15.0 Å². The number of para-hydroxylation sites is 3. The van der Waals surface area contributed by atoms with E-state index in [1.807, 2.05) is 31.2 Å². The highest BCUT2D eigenvalue weighted by Gasteiger charge is 2.53. The second-order valence-electron chi connectivity index (χ2n) is 8.77. The van der Waals surface area contributed by atoms with Gasteiger partial charge in [0.05, 0.1) is 16.9 Å². The van der Waals surface area contributed by atoms with Gasteiger partial charge in [-0.1, -0.05) is 38.1 Å². The van der Waals surface area contributed by atoms with Crippen LogP contribution in [0.5, 0.6) is 5.75 Å². The molecule has 0 bridgehead atoms. The maximum Gasteiger partial charge on any atom is 0.258 e. The molecule has 0 saturated carbocycles. The van der Waals surface area contributed by atoms with Gasteiger partial charge in [0.1, 0.15) is 24.6 Å². The average molecular weight is 465 g/mol. The summed E-state index contributed by atoms with van der Waals surface area (Å²) >= 11 is 0. The third-order valence-electron chi connectivity index (χ3n) is 6.77. The van der Waals surface area contributed by atoms with Crippen LogP contribution in [0.25, 0.3) is 0 Å². The summed E-state index contributed by atoms with van der Waals surface area (Å²) in [5, 5.41) is 2.90. The highest BCUT2D eigenvalue weighted by atomic mass is 16.5. The fourth-order valence-electron chi connectivity index (χ4n) is 4.79. The van der Waals surface area contributed by atoms with Gasteiger partial charge in [0.25, 0.3) is 5.91 Å². The molecule has 8 nitrogen and oxygen atoms in total. The Morgan fingerprint density at radius 1 is 1.09 bits per heavy atom. The monoisotopic (exact) mass is 464 g/mol. The van der Waals surface area contributed by atoms with E-state index in [4.69, 9.17) is 4.74 Å². The lowest BCUT2D eigenvalue weighted by Gasteiger charge is -2.48. The number of fused-ring (bicyclic) bond motifs is 3. The number of anilines is 2. The predicted octanol–water partition coefficient (Wildman–Crippen LogP) is 3.34. The normalized spacial score (nSPS) is 19.3. The van der Waals surface area contributed by atoms with Crippen molar-refractivity contribution in [1.29, 1.82) is 0 Å². The fraction of sp³-hybridized carbons (Fsp3) is 0.423. The van der Waals surface area contributed by atoms with E-state index >= 15 is 0 Å². The van der Waals surface area contributed by atoms with Crippen LogP contribution >= 0.6 is 0 Å². The summed E-state index contributed by atoms with van der Waals surface area (Å²) in [6.07, 6.45) is 0.809. The van der Waals surface area contributed by atoms with Crippen LogP contribution in [-0.4, -0.2) is 66.0 Å². The Morgan fingerprint density at radius 2 is 1.79 bits per heavy atom. The molecule has 8 heteroatoms. The van der Waals surface area contributed by atoms with Crippen molar-refractivity contribution >= 4 is 29.1 Å². The van der Waals surface area contributed by atoms with Gasteiger partial charge in [-0.3, -0.25) is 19.3 Å². The molecule has 34 heavy (non-hydrogen) atoms. The smallest absolute Gasteiger partial charge is 0.258 e. The van der Waals surface area contributed by atoms with Crippen molar-refractivity contribution in [1.82, 2.24) is 9.80 Å². The molecule has 2 aromatic rings. The molecule has 2 heterocycles. The number of nitrogens with one attached hydrogen (secondary N) is 1. The summed E-state index contributed by atoms with van der Waals surface area (Å²) in [7, 11) is 0. The standard InChI is InChI=1S/C26H32N4O4/c1-4-28(5-2)16-17-34-22-13-9-7-11-20(22)27-23(31)18-29-25(33)19-10-6-8-12-21(19)30-24(32)14-15-26(29,30)3/h6-13H,4-5,14-18H2,1-3H3,(H,27,31). The van der Waals surface area contributed by atoms with Gasteiger partial charge >= 0.3 is 0 Å². The number of hydrogen-bond acceptors (Lipinski definition) is 5. The molecule has 1 saturated heterocycles. The molecule has 2 aliphatic rings. The minimum atomic E-state index is -0.875. The molecule has 0 radical (unpaired) electrons. The van der Waals surface area contributed by atoms with Crippen molar-refractivity contribution in [3.8, 4) is 5.75 Å². The van der Waals surface area contributed by atoms with Crippen molar-refractivity contribution in [3.05, 3.63) is 54.1 Å². The van der Waals surface area contributed by atoms with Gasteiger partial charge in [-0.05, 0) is 50.7 Å². The number of hydrogen-bond donors (Lipinski definition) is 1. The second-order valence-corrected chi connectivity index (χ2v) is 8.77. The second kappa shape index (κ2) is 9.85. The van der Waals surface area contributed by atoms with Crippen LogP contribution in [0.1, 0.15) is 44.0 Å². The third kappa shape index (κ3) is 4.37. The Hall–Kier alpha value is -3.39. The van der Waals surface area contributed by atoms with Crippen LogP contribution in [0.2, 0.25) is 0 Å². The minimum absolute atomic E-state index is 0.0418. The van der Waals surface area contributed by atoms with E-state index in [0.717, 1.165) is 19.6 Å². The molecule has 0 aliphatic carbocycles. The lowest BCUT2D eigenvalue weighted by Crippen LogP contribution is -2.63. The molecule has 2 aromatic carbocycles. The maximum absolute atomic E-state index is 13.4. The Labute approximate surface area is 200 Å². The highest BCUT2D eigenvalue weighted by Crippen LogP contribution is 2.43. The zero-order chi connectivity index (χ0) is 24.3. The Bertz CT molecular complexity index is 1080. The molecule has 1 unspecified atom stereocenters. The van der Waals surface area contributed by atoms with Crippen LogP contribution in [0.15, 0.2) is 48.5 Å². The first-order valence-electron chi connectivity index (χ1n) is 11.9. The fourth-order valence-corrected chi connectivity index (χ4v) is 4.79. The topological polar surface area (TPSA) is 82.2 Å². The number of likely N-dealkylation sites (N-methyl/N-ethyl adjacent to an activating group) is 1. The summed E-state index contributed by atoms with van der Waals surface area (Å²) in [5.74, 6) is -0.0435. The number of carbonyl (C=O) groups excluding carboxylic acids is 3. The first kappa shape index (κ1) is 23.8. The van der Waals surface area contributed by atoms with Crippen LogP contribution in [0, 0.1) is 0 Å².